The van der Waals surface area contributed by atoms with Gasteiger partial charge >= 0.3 is 0 Å². The number of aromatic nitrogens is 2. The molecule has 0 aromatic carbocycles. The van der Waals surface area contributed by atoms with Crippen LogP contribution in [0.3, 0.4) is 0 Å². The van der Waals surface area contributed by atoms with Crippen molar-refractivity contribution in [1.82, 2.24) is 15.5 Å². The zero-order valence-electron chi connectivity index (χ0n) is 9.69. The Kier molecular flexibility index (Phi) is 3.15. The first kappa shape index (κ1) is 12.0. The van der Waals surface area contributed by atoms with Crippen LogP contribution in [-0.2, 0) is 4.79 Å². The summed E-state index contributed by atoms with van der Waals surface area (Å²) in [6.45, 7) is 1.91. The van der Waals surface area contributed by atoms with E-state index >= 15 is 0 Å². The molecule has 1 aliphatic carbocycles. The fourth-order valence-corrected chi connectivity index (χ4v) is 2.33. The molecule has 1 atom stereocenters. The lowest BCUT2D eigenvalue weighted by Crippen LogP contribution is -2.53. The molecule has 1 aromatic heterocycles. The third-order valence-electron chi connectivity index (χ3n) is 3.48. The van der Waals surface area contributed by atoms with Crippen LogP contribution in [0.1, 0.15) is 37.8 Å². The summed E-state index contributed by atoms with van der Waals surface area (Å²) >= 11 is 5.01. The fraction of sp³-hybridized carbons (Fsp3) is 0.545. The van der Waals surface area contributed by atoms with Crippen molar-refractivity contribution in [2.75, 3.05) is 0 Å². The van der Waals surface area contributed by atoms with Crippen LogP contribution in [-0.4, -0.2) is 21.1 Å². The largest absolute Gasteiger partial charge is 0.392 e. The predicted molar refractivity (Wildman–Crippen MR) is 68.2 cm³/mol. The summed E-state index contributed by atoms with van der Waals surface area (Å²) in [6.07, 6.45) is 5.97. The van der Waals surface area contributed by atoms with Crippen molar-refractivity contribution in [3.05, 3.63) is 18.0 Å². The summed E-state index contributed by atoms with van der Waals surface area (Å²) in [6, 6.07) is -0.0897. The van der Waals surface area contributed by atoms with Crippen LogP contribution >= 0.6 is 12.2 Å². The first-order valence-electron chi connectivity index (χ1n) is 5.66. The van der Waals surface area contributed by atoms with Gasteiger partial charge in [-0.2, -0.15) is 5.10 Å². The van der Waals surface area contributed by atoms with Crippen LogP contribution in [0.2, 0.25) is 0 Å². The van der Waals surface area contributed by atoms with Gasteiger partial charge in [0.05, 0.1) is 22.6 Å². The molecule has 0 aliphatic heterocycles. The SMILES string of the molecule is CC(NC(=O)C1(C(N)=S)CCC1)c1cn[nH]c1. The van der Waals surface area contributed by atoms with E-state index in [0.717, 1.165) is 24.8 Å². The molecule has 0 radical (unpaired) electrons. The van der Waals surface area contributed by atoms with Gasteiger partial charge < -0.3 is 11.1 Å². The van der Waals surface area contributed by atoms with Crippen molar-refractivity contribution < 1.29 is 4.79 Å². The Labute approximate surface area is 105 Å². The van der Waals surface area contributed by atoms with E-state index in [1.807, 2.05) is 6.92 Å². The van der Waals surface area contributed by atoms with Crippen molar-refractivity contribution in [3.8, 4) is 0 Å². The van der Waals surface area contributed by atoms with E-state index in [0.29, 0.717) is 4.99 Å². The second kappa shape index (κ2) is 4.44. The number of hydrogen-bond acceptors (Lipinski definition) is 3. The van der Waals surface area contributed by atoms with Crippen LogP contribution in [0.15, 0.2) is 12.4 Å². The lowest BCUT2D eigenvalue weighted by Gasteiger charge is -2.39. The molecular formula is C11H16N4OS. The van der Waals surface area contributed by atoms with E-state index in [9.17, 15) is 4.79 Å². The van der Waals surface area contributed by atoms with E-state index in [2.05, 4.69) is 15.5 Å². The monoisotopic (exact) mass is 252 g/mol. The first-order chi connectivity index (χ1) is 8.06. The number of nitrogens with one attached hydrogen (secondary N) is 2. The number of carbonyl (C=O) groups excluding carboxylic acids is 1. The Bertz CT molecular complexity index is 425. The van der Waals surface area contributed by atoms with Crippen molar-refractivity contribution in [2.24, 2.45) is 11.1 Å². The summed E-state index contributed by atoms with van der Waals surface area (Å²) in [5.74, 6) is -0.0649. The summed E-state index contributed by atoms with van der Waals surface area (Å²) in [5.41, 5.74) is 6.00. The number of amides is 1. The van der Waals surface area contributed by atoms with Crippen LogP contribution in [0.25, 0.3) is 0 Å². The normalized spacial score (nSPS) is 19.1. The zero-order chi connectivity index (χ0) is 12.5. The molecule has 92 valence electrons. The van der Waals surface area contributed by atoms with Gasteiger partial charge in [-0.25, -0.2) is 0 Å². The third kappa shape index (κ3) is 2.04. The summed E-state index contributed by atoms with van der Waals surface area (Å²) < 4.78 is 0. The Morgan fingerprint density at radius 2 is 2.41 bits per heavy atom. The summed E-state index contributed by atoms with van der Waals surface area (Å²) in [7, 11) is 0. The highest BCUT2D eigenvalue weighted by atomic mass is 32.1. The molecule has 0 bridgehead atoms. The number of rotatable bonds is 4. The van der Waals surface area contributed by atoms with E-state index < -0.39 is 5.41 Å². The summed E-state index contributed by atoms with van der Waals surface area (Å²) in [4.78, 5) is 12.5. The number of carbonyl (C=O) groups is 1. The van der Waals surface area contributed by atoms with Gasteiger partial charge in [-0.15, -0.1) is 0 Å². The number of aromatic amines is 1. The highest BCUT2D eigenvalue weighted by Gasteiger charge is 2.47. The Balaban J connectivity index is 2.04. The van der Waals surface area contributed by atoms with Gasteiger partial charge in [-0.3, -0.25) is 9.89 Å². The molecule has 4 N–H and O–H groups in total. The molecule has 6 heteroatoms. The Morgan fingerprint density at radius 1 is 1.71 bits per heavy atom. The van der Waals surface area contributed by atoms with Crippen molar-refractivity contribution in [3.63, 3.8) is 0 Å². The molecule has 1 aliphatic rings. The van der Waals surface area contributed by atoms with Crippen LogP contribution < -0.4 is 11.1 Å². The average Bonchev–Trinajstić information content (AvgIpc) is 2.66. The van der Waals surface area contributed by atoms with Gasteiger partial charge in [0, 0.05) is 11.8 Å². The molecular weight excluding hydrogens is 236 g/mol. The quantitative estimate of drug-likeness (QED) is 0.699. The van der Waals surface area contributed by atoms with Gasteiger partial charge in [-0.05, 0) is 19.8 Å². The molecule has 0 spiro atoms. The Morgan fingerprint density at radius 3 is 2.82 bits per heavy atom. The molecule has 2 rings (SSSR count). The minimum Gasteiger partial charge on any atom is -0.392 e. The van der Waals surface area contributed by atoms with E-state index in [1.54, 1.807) is 12.4 Å². The lowest BCUT2D eigenvalue weighted by atomic mass is 9.68. The zero-order valence-corrected chi connectivity index (χ0v) is 10.5. The van der Waals surface area contributed by atoms with E-state index in [1.165, 1.54) is 0 Å². The van der Waals surface area contributed by atoms with Gasteiger partial charge in [0.2, 0.25) is 5.91 Å². The van der Waals surface area contributed by atoms with Crippen molar-refractivity contribution in [2.45, 2.75) is 32.2 Å². The molecule has 1 fully saturated rings. The minimum absolute atomic E-state index is 0.0649. The molecule has 1 aromatic rings. The van der Waals surface area contributed by atoms with Gasteiger partial charge in [0.1, 0.15) is 0 Å². The highest BCUT2D eigenvalue weighted by Crippen LogP contribution is 2.41. The molecule has 0 saturated heterocycles. The van der Waals surface area contributed by atoms with Crippen molar-refractivity contribution in [1.29, 1.82) is 0 Å². The van der Waals surface area contributed by atoms with E-state index in [4.69, 9.17) is 18.0 Å². The summed E-state index contributed by atoms with van der Waals surface area (Å²) in [5, 5.41) is 9.52. The molecule has 1 heterocycles. The molecule has 17 heavy (non-hydrogen) atoms. The second-order valence-electron chi connectivity index (χ2n) is 4.53. The molecule has 1 amide bonds. The number of hydrogen-bond donors (Lipinski definition) is 3. The number of nitrogens with two attached hydrogens (primary N) is 1. The van der Waals surface area contributed by atoms with Crippen LogP contribution in [0.4, 0.5) is 0 Å². The van der Waals surface area contributed by atoms with Gasteiger partial charge in [0.25, 0.3) is 0 Å². The molecule has 1 unspecified atom stereocenters. The predicted octanol–water partition coefficient (Wildman–Crippen LogP) is 1.04. The maximum atomic E-state index is 12.2. The maximum Gasteiger partial charge on any atom is 0.233 e. The van der Waals surface area contributed by atoms with Gasteiger partial charge in [-0.1, -0.05) is 18.6 Å². The first-order valence-corrected chi connectivity index (χ1v) is 6.06. The molecule has 5 nitrogen and oxygen atoms in total. The topological polar surface area (TPSA) is 83.8 Å². The minimum atomic E-state index is -0.618. The van der Waals surface area contributed by atoms with E-state index in [-0.39, 0.29) is 11.9 Å². The smallest absolute Gasteiger partial charge is 0.233 e. The van der Waals surface area contributed by atoms with Gasteiger partial charge in [0.15, 0.2) is 0 Å². The maximum absolute atomic E-state index is 12.2. The Hall–Kier alpha value is -1.43. The molecule has 1 saturated carbocycles. The average molecular weight is 252 g/mol. The number of H-pyrrole nitrogens is 1. The van der Waals surface area contributed by atoms with Crippen molar-refractivity contribution >= 4 is 23.1 Å². The third-order valence-corrected chi connectivity index (χ3v) is 3.87. The number of thiocarbonyl (C=S) groups is 1. The standard InChI is InChI=1S/C11H16N4OS/c1-7(8-5-13-14-6-8)15-10(16)11(9(12)17)3-2-4-11/h5-7H,2-4H2,1H3,(H2,12,17)(H,13,14)(H,15,16). The van der Waals surface area contributed by atoms with Crippen LogP contribution in [0, 0.1) is 5.41 Å². The highest BCUT2D eigenvalue weighted by molar-refractivity contribution is 7.80. The lowest BCUT2D eigenvalue weighted by molar-refractivity contribution is -0.131. The van der Waals surface area contributed by atoms with Crippen LogP contribution in [0.5, 0.6) is 0 Å². The second-order valence-corrected chi connectivity index (χ2v) is 4.97. The number of nitrogens with zero attached hydrogens (tertiary/aromatic N) is 1. The fourth-order valence-electron chi connectivity index (χ4n) is 2.03.